The highest BCUT2D eigenvalue weighted by Crippen LogP contribution is 2.88. The maximum absolute atomic E-state index is 10.6. The Labute approximate surface area is 192 Å². The van der Waals surface area contributed by atoms with E-state index in [9.17, 15) is 5.11 Å². The Hall–Kier alpha value is -0.300. The van der Waals surface area contributed by atoms with E-state index in [1.807, 2.05) is 0 Å². The van der Waals surface area contributed by atoms with Crippen molar-refractivity contribution in [2.75, 3.05) is 0 Å². The predicted octanol–water partition coefficient (Wildman–Crippen LogP) is 8.02. The van der Waals surface area contributed by atoms with Gasteiger partial charge in [-0.15, -0.1) is 0 Å². The summed E-state index contributed by atoms with van der Waals surface area (Å²) in [7, 11) is 0. The quantitative estimate of drug-likeness (QED) is 0.441. The Morgan fingerprint density at radius 1 is 0.935 bits per heavy atom. The SMILES string of the molecule is C=C(CC[C@@H](C)[C@H]1CC[C@@]2(C)[C@@H]3CCC4[C@H](C)[C@@H](O)CC[C@@]45C[C@@]35CC[C@]12C)C(C)C. The number of hydrogen-bond acceptors (Lipinski definition) is 1. The van der Waals surface area contributed by atoms with Crippen molar-refractivity contribution < 1.29 is 5.11 Å². The van der Waals surface area contributed by atoms with Gasteiger partial charge in [-0.3, -0.25) is 0 Å². The van der Waals surface area contributed by atoms with Crippen LogP contribution in [0.1, 0.15) is 112 Å². The second kappa shape index (κ2) is 7.10. The molecule has 5 aliphatic rings. The molecular formula is C30H50O. The normalized spacial score (nSPS) is 53.9. The van der Waals surface area contributed by atoms with Crippen LogP contribution in [-0.2, 0) is 0 Å². The van der Waals surface area contributed by atoms with Gasteiger partial charge < -0.3 is 5.11 Å². The van der Waals surface area contributed by atoms with Crippen molar-refractivity contribution >= 4 is 0 Å². The monoisotopic (exact) mass is 426 g/mol. The molecule has 0 aliphatic heterocycles. The molecule has 0 bridgehead atoms. The van der Waals surface area contributed by atoms with E-state index in [2.05, 4.69) is 48.1 Å². The zero-order chi connectivity index (χ0) is 22.4. The molecular weight excluding hydrogens is 376 g/mol. The van der Waals surface area contributed by atoms with Crippen LogP contribution in [0.5, 0.6) is 0 Å². The van der Waals surface area contributed by atoms with Crippen molar-refractivity contribution in [2.45, 2.75) is 118 Å². The van der Waals surface area contributed by atoms with E-state index in [1.165, 1.54) is 69.8 Å². The predicted molar refractivity (Wildman–Crippen MR) is 131 cm³/mol. The molecule has 0 amide bonds. The van der Waals surface area contributed by atoms with Crippen molar-refractivity contribution in [3.05, 3.63) is 12.2 Å². The zero-order valence-corrected chi connectivity index (χ0v) is 21.5. The maximum atomic E-state index is 10.6. The topological polar surface area (TPSA) is 20.2 Å². The molecule has 1 heteroatoms. The van der Waals surface area contributed by atoms with E-state index >= 15 is 0 Å². The first-order chi connectivity index (χ1) is 14.5. The van der Waals surface area contributed by atoms with Gasteiger partial charge in [-0.05, 0) is 128 Å². The molecule has 1 N–H and O–H groups in total. The first-order valence-electron chi connectivity index (χ1n) is 13.9. The van der Waals surface area contributed by atoms with Gasteiger partial charge in [0.15, 0.2) is 0 Å². The molecule has 1 unspecified atom stereocenters. The third-order valence-corrected chi connectivity index (χ3v) is 13.1. The molecule has 5 fully saturated rings. The van der Waals surface area contributed by atoms with Crippen LogP contribution in [0.2, 0.25) is 0 Å². The van der Waals surface area contributed by atoms with E-state index in [1.54, 1.807) is 0 Å². The van der Waals surface area contributed by atoms with E-state index < -0.39 is 0 Å². The fourth-order valence-corrected chi connectivity index (χ4v) is 10.9. The second-order valence-electron chi connectivity index (χ2n) is 14.0. The summed E-state index contributed by atoms with van der Waals surface area (Å²) in [5.74, 6) is 4.63. The first kappa shape index (κ1) is 22.5. The van der Waals surface area contributed by atoms with Gasteiger partial charge >= 0.3 is 0 Å². The Morgan fingerprint density at radius 3 is 2.39 bits per heavy atom. The molecule has 176 valence electrons. The number of allylic oxidation sites excluding steroid dienone is 1. The standard InChI is InChI=1S/C30H50O/c1-19(2)20(3)8-9-21(4)23-12-14-28(7)26-11-10-24-22(5)25(31)13-15-29(24)18-30(26,29)17-16-27(23,28)6/h19,21-26,31H,3,8-18H2,1-2,4-7H3/t21-,22+,23-,24?,25+,26+,27-,28+,29-,30+/m1/s1. The molecule has 0 aromatic carbocycles. The second-order valence-corrected chi connectivity index (χ2v) is 14.0. The molecule has 0 aromatic heterocycles. The molecule has 1 nitrogen and oxygen atoms in total. The fraction of sp³-hybridized carbons (Fsp3) is 0.933. The average molecular weight is 427 g/mol. The smallest absolute Gasteiger partial charge is 0.0568 e. The van der Waals surface area contributed by atoms with Crippen molar-refractivity contribution in [3.63, 3.8) is 0 Å². The summed E-state index contributed by atoms with van der Waals surface area (Å²) in [5, 5.41) is 10.6. The fourth-order valence-electron chi connectivity index (χ4n) is 10.9. The van der Waals surface area contributed by atoms with Crippen LogP contribution in [0.3, 0.4) is 0 Å². The lowest BCUT2D eigenvalue weighted by Crippen LogP contribution is -2.55. The minimum atomic E-state index is -0.0356. The molecule has 31 heavy (non-hydrogen) atoms. The Kier molecular flexibility index (Phi) is 5.15. The van der Waals surface area contributed by atoms with Crippen LogP contribution < -0.4 is 0 Å². The highest BCUT2D eigenvalue weighted by molar-refractivity contribution is 5.29. The maximum Gasteiger partial charge on any atom is 0.0568 e. The van der Waals surface area contributed by atoms with Crippen LogP contribution in [0.15, 0.2) is 12.2 Å². The number of fused-ring (bicyclic) bond motifs is 2. The number of rotatable bonds is 5. The van der Waals surface area contributed by atoms with E-state index in [-0.39, 0.29) is 6.10 Å². The van der Waals surface area contributed by atoms with Gasteiger partial charge in [0, 0.05) is 0 Å². The Morgan fingerprint density at radius 2 is 1.68 bits per heavy atom. The molecule has 10 atom stereocenters. The van der Waals surface area contributed by atoms with Crippen LogP contribution in [0, 0.1) is 57.2 Å². The number of aliphatic hydroxyl groups excluding tert-OH is 1. The molecule has 0 radical (unpaired) electrons. The third kappa shape index (κ3) is 2.77. The highest BCUT2D eigenvalue weighted by Gasteiger charge is 2.81. The zero-order valence-electron chi connectivity index (χ0n) is 21.5. The van der Waals surface area contributed by atoms with Crippen LogP contribution in [0.4, 0.5) is 0 Å². The van der Waals surface area contributed by atoms with Crippen molar-refractivity contribution in [1.82, 2.24) is 0 Å². The molecule has 0 heterocycles. The summed E-state index contributed by atoms with van der Waals surface area (Å²) in [6.07, 6.45) is 15.1. The van der Waals surface area contributed by atoms with Crippen molar-refractivity contribution in [1.29, 1.82) is 0 Å². The molecule has 5 rings (SSSR count). The Bertz CT molecular complexity index is 739. The lowest BCUT2D eigenvalue weighted by atomic mass is 9.43. The van der Waals surface area contributed by atoms with Crippen molar-refractivity contribution in [3.8, 4) is 0 Å². The van der Waals surface area contributed by atoms with Crippen LogP contribution in [-0.4, -0.2) is 11.2 Å². The minimum absolute atomic E-state index is 0.0356. The summed E-state index contributed by atoms with van der Waals surface area (Å²) in [4.78, 5) is 0. The molecule has 2 spiro atoms. The van der Waals surface area contributed by atoms with E-state index in [4.69, 9.17) is 0 Å². The number of aliphatic hydroxyl groups is 1. The van der Waals surface area contributed by atoms with Crippen LogP contribution >= 0.6 is 0 Å². The van der Waals surface area contributed by atoms with Gasteiger partial charge in [0.25, 0.3) is 0 Å². The molecule has 5 aliphatic carbocycles. The Balaban J connectivity index is 1.37. The molecule has 0 aromatic rings. The van der Waals surface area contributed by atoms with Gasteiger partial charge in [0.05, 0.1) is 6.10 Å². The highest BCUT2D eigenvalue weighted by atomic mass is 16.3. The summed E-state index contributed by atoms with van der Waals surface area (Å²) >= 11 is 0. The summed E-state index contributed by atoms with van der Waals surface area (Å²) in [6, 6.07) is 0. The molecule has 0 saturated heterocycles. The third-order valence-electron chi connectivity index (χ3n) is 13.1. The van der Waals surface area contributed by atoms with Gasteiger partial charge in [-0.25, -0.2) is 0 Å². The summed E-state index contributed by atoms with van der Waals surface area (Å²) < 4.78 is 0. The van der Waals surface area contributed by atoms with Gasteiger partial charge in [-0.1, -0.05) is 53.7 Å². The first-order valence-corrected chi connectivity index (χ1v) is 13.9. The van der Waals surface area contributed by atoms with Gasteiger partial charge in [0.1, 0.15) is 0 Å². The summed E-state index contributed by atoms with van der Waals surface area (Å²) in [6.45, 7) is 19.4. The van der Waals surface area contributed by atoms with Gasteiger partial charge in [-0.2, -0.15) is 0 Å². The largest absolute Gasteiger partial charge is 0.393 e. The van der Waals surface area contributed by atoms with E-state index in [0.29, 0.717) is 33.5 Å². The lowest BCUT2D eigenvalue weighted by Gasteiger charge is -2.62. The van der Waals surface area contributed by atoms with Crippen molar-refractivity contribution in [2.24, 2.45) is 57.2 Å². The van der Waals surface area contributed by atoms with Gasteiger partial charge in [0.2, 0.25) is 0 Å². The van der Waals surface area contributed by atoms with Crippen LogP contribution in [0.25, 0.3) is 0 Å². The minimum Gasteiger partial charge on any atom is -0.393 e. The average Bonchev–Trinajstić information content (AvgIpc) is 3.31. The number of hydrogen-bond donors (Lipinski definition) is 1. The lowest BCUT2D eigenvalue weighted by molar-refractivity contribution is -0.142. The van der Waals surface area contributed by atoms with E-state index in [0.717, 1.165) is 30.1 Å². The molecule has 5 saturated carbocycles. The summed E-state index contributed by atoms with van der Waals surface area (Å²) in [5.41, 5.74) is 3.76.